The van der Waals surface area contributed by atoms with Crippen LogP contribution in [0, 0.1) is 35.5 Å². The molecule has 0 heterocycles. The predicted octanol–water partition coefficient (Wildman–Crippen LogP) is 3.88. The molecule has 0 aromatic carbocycles. The number of aliphatic hydroxyl groups excluding tert-OH is 1. The second-order valence-electron chi connectivity index (χ2n) is 12.6. The molecule has 0 aromatic heterocycles. The van der Waals surface area contributed by atoms with E-state index in [9.17, 15) is 29.7 Å². The van der Waals surface area contributed by atoms with E-state index in [2.05, 4.69) is 10.8 Å². The normalized spacial score (nSPS) is 38.3. The molecule has 5 N–H and O–H groups in total. The lowest BCUT2D eigenvalue weighted by atomic mass is 9.75. The maximum Gasteiger partial charge on any atom is 0.307 e. The lowest BCUT2D eigenvalue weighted by Crippen LogP contribution is -2.47. The highest BCUT2D eigenvalue weighted by Crippen LogP contribution is 2.37. The van der Waals surface area contributed by atoms with Crippen LogP contribution in [-0.2, 0) is 19.2 Å². The number of aliphatic carboxylic acids is 2. The SMILES string of the molecule is O=C(O)C1CCCCC1CONC1CCC(CC2CCC(NC(=O)C3CC(O)CCC3C(=O)O)CC2)CC1. The third-order valence-corrected chi connectivity index (χ3v) is 9.96. The minimum Gasteiger partial charge on any atom is -0.481 e. The van der Waals surface area contributed by atoms with Crippen molar-refractivity contribution in [3.8, 4) is 0 Å². The smallest absolute Gasteiger partial charge is 0.307 e. The molecular weight excluding hydrogens is 488 g/mol. The third-order valence-electron chi connectivity index (χ3n) is 9.96. The third kappa shape index (κ3) is 8.15. The van der Waals surface area contributed by atoms with Crippen molar-refractivity contribution in [2.45, 2.75) is 121 Å². The largest absolute Gasteiger partial charge is 0.481 e. The average Bonchev–Trinajstić information content (AvgIpc) is 2.90. The number of carbonyl (C=O) groups excluding carboxylic acids is 1. The van der Waals surface area contributed by atoms with Crippen molar-refractivity contribution in [2.75, 3.05) is 6.61 Å². The maximum absolute atomic E-state index is 12.8. The topological polar surface area (TPSA) is 145 Å². The summed E-state index contributed by atoms with van der Waals surface area (Å²) < 4.78 is 0. The summed E-state index contributed by atoms with van der Waals surface area (Å²) in [6, 6.07) is 0.450. The summed E-state index contributed by atoms with van der Waals surface area (Å²) in [6.45, 7) is 0.481. The summed E-state index contributed by atoms with van der Waals surface area (Å²) in [6.07, 6.45) is 14.1. The second kappa shape index (κ2) is 14.1. The highest BCUT2D eigenvalue weighted by atomic mass is 16.6. The van der Waals surface area contributed by atoms with E-state index < -0.39 is 29.9 Å². The van der Waals surface area contributed by atoms with Gasteiger partial charge in [-0.1, -0.05) is 12.8 Å². The van der Waals surface area contributed by atoms with Crippen LogP contribution in [-0.4, -0.2) is 58.0 Å². The first-order chi connectivity index (χ1) is 18.3. The summed E-state index contributed by atoms with van der Waals surface area (Å²) in [5.41, 5.74) is 3.23. The van der Waals surface area contributed by atoms with E-state index >= 15 is 0 Å². The number of hydrogen-bond acceptors (Lipinski definition) is 6. The van der Waals surface area contributed by atoms with E-state index in [1.165, 1.54) is 19.3 Å². The number of hydroxylamine groups is 1. The standard InChI is InChI=1S/C29H48N2O7/c32-23-13-14-25(29(36)37)26(16-23)27(33)30-21-9-5-18(6-10-21)15-19-7-11-22(12-8-19)31-38-17-20-3-1-2-4-24(20)28(34)35/h18-26,31-32H,1-17H2,(H,30,33)(H,34,35)(H,36,37). The highest BCUT2D eigenvalue weighted by molar-refractivity contribution is 5.85. The lowest BCUT2D eigenvalue weighted by Gasteiger charge is -2.36. The van der Waals surface area contributed by atoms with E-state index in [0.29, 0.717) is 31.4 Å². The molecule has 0 bridgehead atoms. The number of carboxylic acids is 2. The van der Waals surface area contributed by atoms with Crippen LogP contribution in [0.25, 0.3) is 0 Å². The molecule has 5 unspecified atom stereocenters. The molecule has 4 rings (SSSR count). The van der Waals surface area contributed by atoms with Gasteiger partial charge < -0.3 is 25.5 Å². The number of carboxylic acid groups (broad SMARTS) is 2. The van der Waals surface area contributed by atoms with Gasteiger partial charge in [-0.05, 0) is 108 Å². The van der Waals surface area contributed by atoms with Gasteiger partial charge in [0.2, 0.25) is 5.91 Å². The Balaban J connectivity index is 1.10. The summed E-state index contributed by atoms with van der Waals surface area (Å²) in [7, 11) is 0. The van der Waals surface area contributed by atoms with E-state index in [1.807, 2.05) is 0 Å². The van der Waals surface area contributed by atoms with Gasteiger partial charge >= 0.3 is 11.9 Å². The molecule has 0 aromatic rings. The van der Waals surface area contributed by atoms with Crippen LogP contribution in [0.5, 0.6) is 0 Å². The van der Waals surface area contributed by atoms with E-state index in [-0.39, 0.29) is 30.2 Å². The van der Waals surface area contributed by atoms with Crippen LogP contribution in [0.2, 0.25) is 0 Å². The predicted molar refractivity (Wildman–Crippen MR) is 141 cm³/mol. The van der Waals surface area contributed by atoms with E-state index in [1.54, 1.807) is 0 Å². The molecule has 9 heteroatoms. The second-order valence-corrected chi connectivity index (χ2v) is 12.6. The number of aliphatic hydroxyl groups is 1. The molecule has 1 amide bonds. The van der Waals surface area contributed by atoms with E-state index in [4.69, 9.17) is 4.84 Å². The zero-order valence-corrected chi connectivity index (χ0v) is 22.7. The van der Waals surface area contributed by atoms with Crippen LogP contribution in [0.1, 0.15) is 103 Å². The molecule has 4 fully saturated rings. The molecule has 4 aliphatic rings. The minimum atomic E-state index is -0.937. The number of carbonyl (C=O) groups is 3. The van der Waals surface area contributed by atoms with Crippen molar-refractivity contribution >= 4 is 17.8 Å². The summed E-state index contributed by atoms with van der Waals surface area (Å²) in [5.74, 6) is -1.92. The summed E-state index contributed by atoms with van der Waals surface area (Å²) >= 11 is 0. The molecule has 0 radical (unpaired) electrons. The Kier molecular flexibility index (Phi) is 10.8. The van der Waals surface area contributed by atoms with Crippen molar-refractivity contribution in [3.05, 3.63) is 0 Å². The van der Waals surface area contributed by atoms with E-state index in [0.717, 1.165) is 70.1 Å². The first-order valence-corrected chi connectivity index (χ1v) is 15.1. The zero-order chi connectivity index (χ0) is 27.1. The molecule has 9 nitrogen and oxygen atoms in total. The Morgan fingerprint density at radius 2 is 1.29 bits per heavy atom. The lowest BCUT2D eigenvalue weighted by molar-refractivity contribution is -0.150. The van der Waals surface area contributed by atoms with Crippen molar-refractivity contribution in [1.82, 2.24) is 10.8 Å². The van der Waals surface area contributed by atoms with Gasteiger partial charge in [-0.25, -0.2) is 0 Å². The van der Waals surface area contributed by atoms with Crippen LogP contribution >= 0.6 is 0 Å². The molecule has 216 valence electrons. The minimum absolute atomic E-state index is 0.106. The van der Waals surface area contributed by atoms with Gasteiger partial charge in [0.15, 0.2) is 0 Å². The number of nitrogens with one attached hydrogen (secondary N) is 2. The fourth-order valence-electron chi connectivity index (χ4n) is 7.58. The number of rotatable bonds is 10. The zero-order valence-electron chi connectivity index (χ0n) is 22.7. The Morgan fingerprint density at radius 3 is 1.92 bits per heavy atom. The highest BCUT2D eigenvalue weighted by Gasteiger charge is 2.40. The van der Waals surface area contributed by atoms with Crippen molar-refractivity contribution in [3.63, 3.8) is 0 Å². The Morgan fingerprint density at radius 1 is 0.684 bits per heavy atom. The Bertz CT molecular complexity index is 792. The van der Waals surface area contributed by atoms with Crippen LogP contribution in [0.15, 0.2) is 0 Å². The van der Waals surface area contributed by atoms with Gasteiger partial charge in [0.25, 0.3) is 0 Å². The Hall–Kier alpha value is -1.71. The molecule has 0 saturated heterocycles. The molecular formula is C29H48N2O7. The fourth-order valence-corrected chi connectivity index (χ4v) is 7.58. The number of amides is 1. The van der Waals surface area contributed by atoms with Gasteiger partial charge in [0.1, 0.15) is 0 Å². The van der Waals surface area contributed by atoms with Crippen LogP contribution in [0.3, 0.4) is 0 Å². The van der Waals surface area contributed by atoms with Gasteiger partial charge in [0.05, 0.1) is 30.5 Å². The van der Waals surface area contributed by atoms with Gasteiger partial charge in [-0.3, -0.25) is 14.4 Å². The summed E-state index contributed by atoms with van der Waals surface area (Å²) in [5, 5.41) is 32.0. The molecule has 5 atom stereocenters. The first kappa shape index (κ1) is 29.3. The monoisotopic (exact) mass is 536 g/mol. The fraction of sp³-hybridized carbons (Fsp3) is 0.897. The Labute approximate surface area is 226 Å². The molecule has 0 aliphatic heterocycles. The van der Waals surface area contributed by atoms with Crippen LogP contribution in [0.4, 0.5) is 0 Å². The van der Waals surface area contributed by atoms with Crippen molar-refractivity contribution in [2.24, 2.45) is 35.5 Å². The molecule has 4 aliphatic carbocycles. The van der Waals surface area contributed by atoms with Gasteiger partial charge in [-0.2, -0.15) is 5.48 Å². The van der Waals surface area contributed by atoms with Gasteiger partial charge in [0, 0.05) is 12.1 Å². The summed E-state index contributed by atoms with van der Waals surface area (Å²) in [4.78, 5) is 41.7. The quantitative estimate of drug-likeness (QED) is 0.265. The van der Waals surface area contributed by atoms with Crippen molar-refractivity contribution in [1.29, 1.82) is 0 Å². The molecule has 0 spiro atoms. The maximum atomic E-state index is 12.8. The van der Waals surface area contributed by atoms with Crippen LogP contribution < -0.4 is 10.8 Å². The number of hydrogen-bond donors (Lipinski definition) is 5. The van der Waals surface area contributed by atoms with Gasteiger partial charge in [-0.15, -0.1) is 0 Å². The first-order valence-electron chi connectivity index (χ1n) is 15.1. The molecule has 38 heavy (non-hydrogen) atoms. The van der Waals surface area contributed by atoms with Crippen molar-refractivity contribution < 1.29 is 34.5 Å². The average molecular weight is 537 g/mol. The molecule has 4 saturated carbocycles.